The SMILES string of the molecule is Cn1nc2ccc(-c3cc(C(F)(F)F)n[nH]3)cc2n1. The molecule has 3 aromatic rings. The second kappa shape index (κ2) is 3.81. The number of H-pyrrole nitrogens is 1. The van der Waals surface area contributed by atoms with E-state index in [1.54, 1.807) is 25.2 Å². The Bertz CT molecular complexity index is 740. The van der Waals surface area contributed by atoms with Gasteiger partial charge in [-0.1, -0.05) is 6.07 Å². The molecule has 8 heteroatoms. The van der Waals surface area contributed by atoms with Crippen molar-refractivity contribution in [2.24, 2.45) is 7.05 Å². The first-order chi connectivity index (χ1) is 8.93. The number of hydrogen-bond acceptors (Lipinski definition) is 3. The van der Waals surface area contributed by atoms with Crippen LogP contribution in [0, 0.1) is 0 Å². The zero-order chi connectivity index (χ0) is 13.6. The van der Waals surface area contributed by atoms with E-state index >= 15 is 0 Å². The lowest BCUT2D eigenvalue weighted by Crippen LogP contribution is -2.04. The van der Waals surface area contributed by atoms with Gasteiger partial charge in [0, 0.05) is 12.6 Å². The van der Waals surface area contributed by atoms with Gasteiger partial charge in [0.2, 0.25) is 0 Å². The number of halogens is 3. The Hall–Kier alpha value is -2.38. The van der Waals surface area contributed by atoms with Crippen LogP contribution in [0.15, 0.2) is 24.3 Å². The van der Waals surface area contributed by atoms with Crippen LogP contribution in [0.3, 0.4) is 0 Å². The van der Waals surface area contributed by atoms with E-state index in [0.29, 0.717) is 22.3 Å². The van der Waals surface area contributed by atoms with Crippen molar-refractivity contribution < 1.29 is 13.2 Å². The molecule has 5 nitrogen and oxygen atoms in total. The molecule has 2 aromatic heterocycles. The number of hydrogen-bond donors (Lipinski definition) is 1. The molecule has 1 aromatic carbocycles. The summed E-state index contributed by atoms with van der Waals surface area (Å²) in [6.07, 6.45) is -4.45. The van der Waals surface area contributed by atoms with Crippen LogP contribution in [-0.4, -0.2) is 25.2 Å². The normalized spacial score (nSPS) is 12.2. The van der Waals surface area contributed by atoms with Crippen molar-refractivity contribution in [2.45, 2.75) is 6.18 Å². The predicted octanol–water partition coefficient (Wildman–Crippen LogP) is 2.38. The molecule has 2 heterocycles. The highest BCUT2D eigenvalue weighted by Crippen LogP contribution is 2.30. The number of aryl methyl sites for hydroxylation is 1. The van der Waals surface area contributed by atoms with Crippen molar-refractivity contribution >= 4 is 11.0 Å². The zero-order valence-corrected chi connectivity index (χ0v) is 9.73. The topological polar surface area (TPSA) is 59.4 Å². The molecule has 3 rings (SSSR count). The van der Waals surface area contributed by atoms with Gasteiger partial charge in [-0.3, -0.25) is 5.10 Å². The smallest absolute Gasteiger partial charge is 0.277 e. The number of alkyl halides is 3. The molecule has 0 amide bonds. The lowest BCUT2D eigenvalue weighted by Gasteiger charge is -1.99. The minimum Gasteiger partial charge on any atom is -0.277 e. The van der Waals surface area contributed by atoms with E-state index in [9.17, 15) is 13.2 Å². The molecular weight excluding hydrogens is 259 g/mol. The van der Waals surface area contributed by atoms with Crippen LogP contribution in [0.5, 0.6) is 0 Å². The van der Waals surface area contributed by atoms with Crippen molar-refractivity contribution in [2.75, 3.05) is 0 Å². The molecule has 0 aliphatic carbocycles. The average molecular weight is 267 g/mol. The van der Waals surface area contributed by atoms with Gasteiger partial charge in [-0.2, -0.15) is 33.3 Å². The molecule has 19 heavy (non-hydrogen) atoms. The molecule has 0 fully saturated rings. The second-order valence-corrected chi connectivity index (χ2v) is 4.06. The van der Waals surface area contributed by atoms with Crippen LogP contribution >= 0.6 is 0 Å². The molecule has 0 spiro atoms. The first-order valence-corrected chi connectivity index (χ1v) is 5.37. The fourth-order valence-electron chi connectivity index (χ4n) is 1.80. The number of rotatable bonds is 1. The molecule has 1 N–H and O–H groups in total. The molecule has 0 bridgehead atoms. The lowest BCUT2D eigenvalue weighted by atomic mass is 10.1. The van der Waals surface area contributed by atoms with Crippen molar-refractivity contribution in [3.63, 3.8) is 0 Å². The maximum Gasteiger partial charge on any atom is 0.435 e. The quantitative estimate of drug-likeness (QED) is 0.736. The highest BCUT2D eigenvalue weighted by molar-refractivity contribution is 5.80. The number of nitrogens with one attached hydrogen (secondary N) is 1. The first kappa shape index (κ1) is 11.7. The lowest BCUT2D eigenvalue weighted by molar-refractivity contribution is -0.141. The molecule has 0 aliphatic rings. The van der Waals surface area contributed by atoms with Gasteiger partial charge in [-0.15, -0.1) is 0 Å². The number of fused-ring (bicyclic) bond motifs is 1. The minimum atomic E-state index is -4.45. The van der Waals surface area contributed by atoms with Crippen molar-refractivity contribution in [3.05, 3.63) is 30.0 Å². The van der Waals surface area contributed by atoms with E-state index in [-0.39, 0.29) is 0 Å². The molecule has 0 atom stereocenters. The molecule has 98 valence electrons. The minimum absolute atomic E-state index is 0.292. The van der Waals surface area contributed by atoms with Crippen LogP contribution in [-0.2, 0) is 13.2 Å². The Morgan fingerprint density at radius 3 is 2.53 bits per heavy atom. The van der Waals surface area contributed by atoms with E-state index in [0.717, 1.165) is 6.07 Å². The van der Waals surface area contributed by atoms with Crippen molar-refractivity contribution in [1.82, 2.24) is 25.2 Å². The summed E-state index contributed by atoms with van der Waals surface area (Å²) in [4.78, 5) is 1.41. The maximum absolute atomic E-state index is 12.5. The summed E-state index contributed by atoms with van der Waals surface area (Å²) in [5, 5.41) is 13.8. The van der Waals surface area contributed by atoms with Gasteiger partial charge in [0.05, 0.1) is 5.69 Å². The second-order valence-electron chi connectivity index (χ2n) is 4.06. The van der Waals surface area contributed by atoms with E-state index in [2.05, 4.69) is 20.4 Å². The largest absolute Gasteiger partial charge is 0.435 e. The summed E-state index contributed by atoms with van der Waals surface area (Å²) in [7, 11) is 1.68. The summed E-state index contributed by atoms with van der Waals surface area (Å²) >= 11 is 0. The summed E-state index contributed by atoms with van der Waals surface area (Å²) in [6.45, 7) is 0. The first-order valence-electron chi connectivity index (χ1n) is 5.37. The van der Waals surface area contributed by atoms with E-state index in [1.807, 2.05) is 0 Å². The Kier molecular flexibility index (Phi) is 2.34. The number of aromatic nitrogens is 5. The molecular formula is C11H8F3N5. The fraction of sp³-hybridized carbons (Fsp3) is 0.182. The Balaban J connectivity index is 2.06. The van der Waals surface area contributed by atoms with E-state index in [4.69, 9.17) is 0 Å². The van der Waals surface area contributed by atoms with Crippen LogP contribution < -0.4 is 0 Å². The van der Waals surface area contributed by atoms with Crippen molar-refractivity contribution in [1.29, 1.82) is 0 Å². The highest BCUT2D eigenvalue weighted by Gasteiger charge is 2.33. The average Bonchev–Trinajstić information content (AvgIpc) is 2.90. The zero-order valence-electron chi connectivity index (χ0n) is 9.73. The summed E-state index contributed by atoms with van der Waals surface area (Å²) < 4.78 is 37.4. The van der Waals surface area contributed by atoms with Gasteiger partial charge in [0.1, 0.15) is 11.0 Å². The van der Waals surface area contributed by atoms with Crippen molar-refractivity contribution in [3.8, 4) is 11.3 Å². The van der Waals surface area contributed by atoms with Gasteiger partial charge < -0.3 is 0 Å². The van der Waals surface area contributed by atoms with E-state index < -0.39 is 11.9 Å². The van der Waals surface area contributed by atoms with Gasteiger partial charge in [-0.05, 0) is 18.2 Å². The molecule has 0 unspecified atom stereocenters. The number of aromatic amines is 1. The predicted molar refractivity (Wildman–Crippen MR) is 61.1 cm³/mol. The van der Waals surface area contributed by atoms with Gasteiger partial charge in [0.15, 0.2) is 5.69 Å². The standard InChI is InChI=1S/C11H8F3N5/c1-19-17-7-3-2-6(4-9(7)18-19)8-5-10(16-15-8)11(12,13)14/h2-5H,1H3,(H,15,16). The highest BCUT2D eigenvalue weighted by atomic mass is 19.4. The third-order valence-electron chi connectivity index (χ3n) is 2.66. The van der Waals surface area contributed by atoms with Crippen LogP contribution in [0.1, 0.15) is 5.69 Å². The third kappa shape index (κ3) is 2.05. The Labute approximate surface area is 105 Å². The summed E-state index contributed by atoms with van der Waals surface area (Å²) in [5.41, 5.74) is 1.22. The third-order valence-corrected chi connectivity index (χ3v) is 2.66. The number of benzene rings is 1. The number of nitrogens with zero attached hydrogens (tertiary/aromatic N) is 4. The Morgan fingerprint density at radius 1 is 1.11 bits per heavy atom. The Morgan fingerprint density at radius 2 is 1.84 bits per heavy atom. The monoisotopic (exact) mass is 267 g/mol. The van der Waals surface area contributed by atoms with Gasteiger partial charge in [-0.25, -0.2) is 0 Å². The van der Waals surface area contributed by atoms with Gasteiger partial charge >= 0.3 is 6.18 Å². The van der Waals surface area contributed by atoms with Crippen LogP contribution in [0.4, 0.5) is 13.2 Å². The molecule has 0 saturated heterocycles. The van der Waals surface area contributed by atoms with Crippen LogP contribution in [0.25, 0.3) is 22.3 Å². The van der Waals surface area contributed by atoms with Gasteiger partial charge in [0.25, 0.3) is 0 Å². The fourth-order valence-corrected chi connectivity index (χ4v) is 1.80. The molecule has 0 radical (unpaired) electrons. The van der Waals surface area contributed by atoms with Crippen LogP contribution in [0.2, 0.25) is 0 Å². The molecule has 0 aliphatic heterocycles. The summed E-state index contributed by atoms with van der Waals surface area (Å²) in [5.74, 6) is 0. The van der Waals surface area contributed by atoms with E-state index in [1.165, 1.54) is 4.80 Å². The molecule has 0 saturated carbocycles. The summed E-state index contributed by atoms with van der Waals surface area (Å²) in [6, 6.07) is 6.00. The maximum atomic E-state index is 12.5.